The fourth-order valence-corrected chi connectivity index (χ4v) is 2.27. The molecule has 16 heavy (non-hydrogen) atoms. The average Bonchev–Trinajstić information content (AvgIpc) is 2.64. The van der Waals surface area contributed by atoms with Crippen molar-refractivity contribution < 1.29 is 0 Å². The first-order valence-corrected chi connectivity index (χ1v) is 6.00. The van der Waals surface area contributed by atoms with Crippen molar-refractivity contribution in [2.75, 3.05) is 0 Å². The van der Waals surface area contributed by atoms with E-state index in [1.165, 1.54) is 4.90 Å². The standard InChI is InChI=1S/C13H14N2S/c1-3-7-11-10-14-13(15(11)2)16-12-8-5-4-6-9-12/h3-10H,1-2H3/b7-3+. The van der Waals surface area contributed by atoms with Gasteiger partial charge in [-0.3, -0.25) is 0 Å². The molecule has 2 nitrogen and oxygen atoms in total. The van der Waals surface area contributed by atoms with Gasteiger partial charge in [-0.05, 0) is 25.1 Å². The van der Waals surface area contributed by atoms with Crippen molar-refractivity contribution in [3.63, 3.8) is 0 Å². The molecule has 0 atom stereocenters. The van der Waals surface area contributed by atoms with E-state index in [2.05, 4.69) is 27.8 Å². The maximum Gasteiger partial charge on any atom is 0.173 e. The van der Waals surface area contributed by atoms with Gasteiger partial charge < -0.3 is 4.57 Å². The van der Waals surface area contributed by atoms with E-state index in [-0.39, 0.29) is 0 Å². The number of aromatic nitrogens is 2. The number of nitrogens with zero attached hydrogens (tertiary/aromatic N) is 2. The predicted molar refractivity (Wildman–Crippen MR) is 68.5 cm³/mol. The van der Waals surface area contributed by atoms with Crippen molar-refractivity contribution in [2.24, 2.45) is 7.05 Å². The zero-order chi connectivity index (χ0) is 11.4. The van der Waals surface area contributed by atoms with Gasteiger partial charge in [0.2, 0.25) is 0 Å². The van der Waals surface area contributed by atoms with Crippen LogP contribution in [0.25, 0.3) is 6.08 Å². The average molecular weight is 230 g/mol. The molecule has 2 aromatic rings. The molecule has 0 aliphatic rings. The quantitative estimate of drug-likeness (QED) is 0.801. The fraction of sp³-hybridized carbons (Fsp3) is 0.154. The molecule has 0 N–H and O–H groups in total. The first-order chi connectivity index (χ1) is 7.81. The Hall–Kier alpha value is -1.48. The molecule has 82 valence electrons. The summed E-state index contributed by atoms with van der Waals surface area (Å²) in [5.74, 6) is 0. The highest BCUT2D eigenvalue weighted by atomic mass is 32.2. The summed E-state index contributed by atoms with van der Waals surface area (Å²) in [5.41, 5.74) is 1.13. The van der Waals surface area contributed by atoms with E-state index in [9.17, 15) is 0 Å². The van der Waals surface area contributed by atoms with Gasteiger partial charge in [0.25, 0.3) is 0 Å². The van der Waals surface area contributed by atoms with Gasteiger partial charge in [-0.1, -0.05) is 36.0 Å². The molecule has 1 heterocycles. The Balaban J connectivity index is 2.23. The normalized spacial score (nSPS) is 11.1. The van der Waals surface area contributed by atoms with E-state index >= 15 is 0 Å². The van der Waals surface area contributed by atoms with Crippen molar-refractivity contribution in [2.45, 2.75) is 17.0 Å². The molecule has 0 spiro atoms. The Kier molecular flexibility index (Phi) is 3.47. The highest BCUT2D eigenvalue weighted by Crippen LogP contribution is 2.26. The van der Waals surface area contributed by atoms with Gasteiger partial charge >= 0.3 is 0 Å². The topological polar surface area (TPSA) is 17.8 Å². The number of hydrogen-bond acceptors (Lipinski definition) is 2. The summed E-state index contributed by atoms with van der Waals surface area (Å²) < 4.78 is 2.09. The van der Waals surface area contributed by atoms with Crippen molar-refractivity contribution >= 4 is 17.8 Å². The maximum absolute atomic E-state index is 4.40. The van der Waals surface area contributed by atoms with Gasteiger partial charge in [-0.2, -0.15) is 0 Å². The van der Waals surface area contributed by atoms with Crippen LogP contribution >= 0.6 is 11.8 Å². The summed E-state index contributed by atoms with van der Waals surface area (Å²) in [5, 5.41) is 1.01. The molecule has 3 heteroatoms. The Morgan fingerprint density at radius 2 is 2.00 bits per heavy atom. The lowest BCUT2D eigenvalue weighted by Gasteiger charge is -2.02. The SMILES string of the molecule is C/C=C/c1cnc(Sc2ccccc2)n1C. The van der Waals surface area contributed by atoms with E-state index in [0.29, 0.717) is 0 Å². The summed E-state index contributed by atoms with van der Waals surface area (Å²) in [4.78, 5) is 5.62. The van der Waals surface area contributed by atoms with Gasteiger partial charge in [0.05, 0.1) is 11.9 Å². The number of rotatable bonds is 3. The van der Waals surface area contributed by atoms with Crippen LogP contribution in [0.15, 0.2) is 52.7 Å². The van der Waals surface area contributed by atoms with Crippen molar-refractivity contribution in [3.05, 3.63) is 48.3 Å². The number of allylic oxidation sites excluding steroid dienone is 1. The molecular weight excluding hydrogens is 216 g/mol. The summed E-state index contributed by atoms with van der Waals surface area (Å²) in [6.45, 7) is 2.01. The van der Waals surface area contributed by atoms with Gasteiger partial charge in [-0.25, -0.2) is 4.98 Å². The lowest BCUT2D eigenvalue weighted by molar-refractivity contribution is 0.783. The molecule has 0 radical (unpaired) electrons. The van der Waals surface area contributed by atoms with E-state index in [1.807, 2.05) is 44.4 Å². The van der Waals surface area contributed by atoms with Crippen LogP contribution in [-0.2, 0) is 7.05 Å². The van der Waals surface area contributed by atoms with Crippen LogP contribution in [0.5, 0.6) is 0 Å². The number of imidazole rings is 1. The smallest absolute Gasteiger partial charge is 0.173 e. The second-order valence-corrected chi connectivity index (χ2v) is 4.48. The summed E-state index contributed by atoms with van der Waals surface area (Å²) >= 11 is 1.68. The van der Waals surface area contributed by atoms with Gasteiger partial charge in [0.1, 0.15) is 0 Å². The summed E-state index contributed by atoms with van der Waals surface area (Å²) in [6.07, 6.45) is 5.97. The van der Waals surface area contributed by atoms with Gasteiger partial charge in [-0.15, -0.1) is 0 Å². The van der Waals surface area contributed by atoms with E-state index in [1.54, 1.807) is 11.8 Å². The zero-order valence-corrected chi connectivity index (χ0v) is 10.2. The molecule has 0 unspecified atom stereocenters. The van der Waals surface area contributed by atoms with Crippen LogP contribution in [-0.4, -0.2) is 9.55 Å². The Morgan fingerprint density at radius 1 is 1.25 bits per heavy atom. The molecule has 2 rings (SSSR count). The maximum atomic E-state index is 4.40. The monoisotopic (exact) mass is 230 g/mol. The first kappa shape index (κ1) is 11.0. The van der Waals surface area contributed by atoms with Crippen LogP contribution < -0.4 is 0 Å². The molecule has 0 fully saturated rings. The number of hydrogen-bond donors (Lipinski definition) is 0. The van der Waals surface area contributed by atoms with Crippen LogP contribution in [0.4, 0.5) is 0 Å². The third-order valence-electron chi connectivity index (χ3n) is 2.27. The lowest BCUT2D eigenvalue weighted by atomic mass is 10.4. The molecule has 0 amide bonds. The highest BCUT2D eigenvalue weighted by Gasteiger charge is 2.05. The predicted octanol–water partition coefficient (Wildman–Crippen LogP) is 3.60. The van der Waals surface area contributed by atoms with E-state index in [0.717, 1.165) is 10.9 Å². The van der Waals surface area contributed by atoms with Crippen molar-refractivity contribution in [1.82, 2.24) is 9.55 Å². The van der Waals surface area contributed by atoms with Crippen LogP contribution in [0.3, 0.4) is 0 Å². The van der Waals surface area contributed by atoms with Crippen molar-refractivity contribution in [1.29, 1.82) is 0 Å². The fourth-order valence-electron chi connectivity index (χ4n) is 1.42. The summed E-state index contributed by atoms with van der Waals surface area (Å²) in [7, 11) is 2.04. The van der Waals surface area contributed by atoms with Gasteiger partial charge in [0, 0.05) is 11.9 Å². The minimum atomic E-state index is 1.01. The Labute approximate surface area is 100 Å². The second-order valence-electron chi connectivity index (χ2n) is 3.44. The van der Waals surface area contributed by atoms with Crippen LogP contribution in [0.2, 0.25) is 0 Å². The van der Waals surface area contributed by atoms with Gasteiger partial charge in [0.15, 0.2) is 5.16 Å². The first-order valence-electron chi connectivity index (χ1n) is 5.18. The minimum Gasteiger partial charge on any atom is -0.322 e. The second kappa shape index (κ2) is 5.03. The molecule has 0 bridgehead atoms. The lowest BCUT2D eigenvalue weighted by Crippen LogP contribution is -1.92. The third-order valence-corrected chi connectivity index (χ3v) is 3.34. The molecule has 1 aromatic heterocycles. The Bertz CT molecular complexity index is 486. The molecule has 0 aliphatic carbocycles. The minimum absolute atomic E-state index is 1.01. The number of benzene rings is 1. The Morgan fingerprint density at radius 3 is 2.69 bits per heavy atom. The van der Waals surface area contributed by atoms with Crippen LogP contribution in [0, 0.1) is 0 Å². The molecule has 0 saturated carbocycles. The molecule has 0 saturated heterocycles. The van der Waals surface area contributed by atoms with Crippen LogP contribution in [0.1, 0.15) is 12.6 Å². The van der Waals surface area contributed by atoms with Crippen molar-refractivity contribution in [3.8, 4) is 0 Å². The summed E-state index contributed by atoms with van der Waals surface area (Å²) in [6, 6.07) is 10.3. The highest BCUT2D eigenvalue weighted by molar-refractivity contribution is 7.99. The molecule has 0 aliphatic heterocycles. The van der Waals surface area contributed by atoms with E-state index < -0.39 is 0 Å². The third kappa shape index (κ3) is 2.36. The zero-order valence-electron chi connectivity index (χ0n) is 9.42. The largest absolute Gasteiger partial charge is 0.322 e. The molecule has 1 aromatic carbocycles. The van der Waals surface area contributed by atoms with E-state index in [4.69, 9.17) is 0 Å². The molecular formula is C13H14N2S.